The summed E-state index contributed by atoms with van der Waals surface area (Å²) in [5.74, 6) is -0.303. The number of aromatic nitrogens is 2. The van der Waals surface area contributed by atoms with Crippen molar-refractivity contribution in [3.05, 3.63) is 42.2 Å². The summed E-state index contributed by atoms with van der Waals surface area (Å²) in [5, 5.41) is 18.4. The van der Waals surface area contributed by atoms with E-state index in [0.717, 1.165) is 11.1 Å². The molecule has 28 heavy (non-hydrogen) atoms. The molecule has 0 saturated carbocycles. The van der Waals surface area contributed by atoms with Crippen molar-refractivity contribution in [1.29, 1.82) is 5.41 Å². The SMILES string of the molecule is N=C(N)CC(=O)CCc1cccc(-c2cnc(NC[C@H](O)C(F)(F)F)nc2)c1. The maximum absolute atomic E-state index is 12.3. The fourth-order valence-corrected chi connectivity index (χ4v) is 2.36. The number of nitrogens with zero attached hydrogens (tertiary/aromatic N) is 2. The van der Waals surface area contributed by atoms with E-state index in [0.29, 0.717) is 12.0 Å². The summed E-state index contributed by atoms with van der Waals surface area (Å²) in [4.78, 5) is 19.6. The van der Waals surface area contributed by atoms with Crippen molar-refractivity contribution >= 4 is 17.6 Å². The highest BCUT2D eigenvalue weighted by molar-refractivity contribution is 5.98. The van der Waals surface area contributed by atoms with E-state index in [9.17, 15) is 18.0 Å². The molecule has 0 spiro atoms. The van der Waals surface area contributed by atoms with Crippen LogP contribution in [-0.2, 0) is 11.2 Å². The van der Waals surface area contributed by atoms with Gasteiger partial charge in [-0.2, -0.15) is 13.2 Å². The number of carbonyl (C=O) groups excluding carboxylic acids is 1. The molecule has 2 aromatic rings. The lowest BCUT2D eigenvalue weighted by Crippen LogP contribution is -2.35. The number of aliphatic hydroxyl groups is 1. The number of hydrogen-bond acceptors (Lipinski definition) is 6. The van der Waals surface area contributed by atoms with E-state index in [-0.39, 0.29) is 30.4 Å². The number of carbonyl (C=O) groups is 1. The molecule has 0 radical (unpaired) electrons. The van der Waals surface area contributed by atoms with Crippen LogP contribution in [0.3, 0.4) is 0 Å². The van der Waals surface area contributed by atoms with Gasteiger partial charge in [-0.05, 0) is 17.5 Å². The van der Waals surface area contributed by atoms with Gasteiger partial charge in [0.1, 0.15) is 5.78 Å². The summed E-state index contributed by atoms with van der Waals surface area (Å²) >= 11 is 0. The number of benzene rings is 1. The van der Waals surface area contributed by atoms with Crippen LogP contribution in [0.5, 0.6) is 0 Å². The van der Waals surface area contributed by atoms with Crippen LogP contribution in [0, 0.1) is 5.41 Å². The molecule has 10 heteroatoms. The van der Waals surface area contributed by atoms with Gasteiger partial charge in [-0.3, -0.25) is 10.2 Å². The van der Waals surface area contributed by atoms with E-state index in [2.05, 4.69) is 15.3 Å². The quantitative estimate of drug-likeness (QED) is 0.381. The van der Waals surface area contributed by atoms with Crippen molar-refractivity contribution in [3.8, 4) is 11.1 Å². The van der Waals surface area contributed by atoms with Crippen molar-refractivity contribution < 1.29 is 23.1 Å². The number of rotatable bonds is 9. The van der Waals surface area contributed by atoms with Gasteiger partial charge >= 0.3 is 6.18 Å². The normalized spacial score (nSPS) is 12.4. The Bertz CT molecular complexity index is 825. The van der Waals surface area contributed by atoms with E-state index in [1.807, 2.05) is 24.3 Å². The third kappa shape index (κ3) is 6.62. The molecule has 1 atom stereocenters. The van der Waals surface area contributed by atoms with Crippen molar-refractivity contribution in [2.45, 2.75) is 31.5 Å². The molecule has 7 nitrogen and oxygen atoms in total. The highest BCUT2D eigenvalue weighted by atomic mass is 19.4. The average Bonchev–Trinajstić information content (AvgIpc) is 2.64. The second-order valence-electron chi connectivity index (χ2n) is 6.17. The van der Waals surface area contributed by atoms with E-state index in [1.54, 1.807) is 0 Å². The maximum atomic E-state index is 12.3. The zero-order valence-electron chi connectivity index (χ0n) is 14.8. The predicted octanol–water partition coefficient (Wildman–Crippen LogP) is 2.31. The standard InChI is InChI=1S/C18H20F3N5O2/c19-18(20,21)15(28)10-26-17-24-8-13(9-25-17)12-3-1-2-11(6-12)4-5-14(27)7-16(22)23/h1-3,6,8-9,15,28H,4-5,7,10H2,(H3,22,23)(H,24,25,26)/t15-/m0/s1. The van der Waals surface area contributed by atoms with Gasteiger partial charge in [0, 0.05) is 24.4 Å². The molecule has 0 aliphatic rings. The van der Waals surface area contributed by atoms with Crippen LogP contribution in [0.15, 0.2) is 36.7 Å². The minimum absolute atomic E-state index is 0.0296. The van der Waals surface area contributed by atoms with Crippen LogP contribution in [-0.4, -0.2) is 45.5 Å². The molecule has 2 rings (SSSR count). The first-order valence-electron chi connectivity index (χ1n) is 8.39. The predicted molar refractivity (Wildman–Crippen MR) is 97.9 cm³/mol. The first-order chi connectivity index (χ1) is 13.1. The Kier molecular flexibility index (Phi) is 7.05. The number of ketones is 1. The third-order valence-electron chi connectivity index (χ3n) is 3.82. The minimum atomic E-state index is -4.71. The van der Waals surface area contributed by atoms with Crippen molar-refractivity contribution in [1.82, 2.24) is 9.97 Å². The van der Waals surface area contributed by atoms with Gasteiger partial charge in [0.15, 0.2) is 6.10 Å². The molecule has 0 bridgehead atoms. The fraction of sp³-hybridized carbons (Fsp3) is 0.333. The summed E-state index contributed by atoms with van der Waals surface area (Å²) in [6, 6.07) is 7.35. The monoisotopic (exact) mass is 395 g/mol. The van der Waals surface area contributed by atoms with Crippen LogP contribution in [0.2, 0.25) is 0 Å². The number of nitrogens with two attached hydrogens (primary N) is 1. The third-order valence-corrected chi connectivity index (χ3v) is 3.82. The summed E-state index contributed by atoms with van der Waals surface area (Å²) in [6.45, 7) is -0.743. The maximum Gasteiger partial charge on any atom is 0.416 e. The molecule has 0 aliphatic heterocycles. The minimum Gasteiger partial charge on any atom is -0.387 e. The molecule has 150 valence electrons. The molecule has 0 fully saturated rings. The Morgan fingerprint density at radius 2 is 1.93 bits per heavy atom. The molecular weight excluding hydrogens is 375 g/mol. The average molecular weight is 395 g/mol. The van der Waals surface area contributed by atoms with Crippen LogP contribution in [0.1, 0.15) is 18.4 Å². The highest BCUT2D eigenvalue weighted by Crippen LogP contribution is 2.22. The number of aliphatic hydroxyl groups excluding tert-OH is 1. The molecule has 0 saturated heterocycles. The molecule has 5 N–H and O–H groups in total. The number of anilines is 1. The van der Waals surface area contributed by atoms with Gasteiger partial charge in [-0.1, -0.05) is 24.3 Å². The Morgan fingerprint density at radius 3 is 2.54 bits per heavy atom. The lowest BCUT2D eigenvalue weighted by Gasteiger charge is -2.14. The largest absolute Gasteiger partial charge is 0.416 e. The lowest BCUT2D eigenvalue weighted by atomic mass is 10.0. The first kappa shape index (κ1) is 21.3. The summed E-state index contributed by atoms with van der Waals surface area (Å²) < 4.78 is 36.8. The van der Waals surface area contributed by atoms with E-state index >= 15 is 0 Å². The Hall–Kier alpha value is -3.01. The van der Waals surface area contributed by atoms with E-state index < -0.39 is 18.8 Å². The number of hydrogen-bond donors (Lipinski definition) is 4. The molecule has 0 aliphatic carbocycles. The lowest BCUT2D eigenvalue weighted by molar-refractivity contribution is -0.198. The summed E-state index contributed by atoms with van der Waals surface area (Å²) in [5.41, 5.74) is 7.56. The zero-order valence-corrected chi connectivity index (χ0v) is 14.8. The van der Waals surface area contributed by atoms with Crippen molar-refractivity contribution in [3.63, 3.8) is 0 Å². The topological polar surface area (TPSA) is 125 Å². The van der Waals surface area contributed by atoms with Gasteiger partial charge in [0.25, 0.3) is 0 Å². The van der Waals surface area contributed by atoms with E-state index in [4.69, 9.17) is 16.2 Å². The highest BCUT2D eigenvalue weighted by Gasteiger charge is 2.37. The summed E-state index contributed by atoms with van der Waals surface area (Å²) in [6.07, 6.45) is -3.60. The second kappa shape index (κ2) is 9.27. The van der Waals surface area contributed by atoms with Gasteiger partial charge in [0.05, 0.1) is 18.8 Å². The van der Waals surface area contributed by atoms with Gasteiger partial charge in [-0.15, -0.1) is 0 Å². The van der Waals surface area contributed by atoms with Crippen LogP contribution < -0.4 is 11.1 Å². The Balaban J connectivity index is 1.98. The van der Waals surface area contributed by atoms with Gasteiger partial charge in [-0.25, -0.2) is 9.97 Å². The number of nitrogens with one attached hydrogen (secondary N) is 2. The number of aryl methyl sites for hydroxylation is 1. The Morgan fingerprint density at radius 1 is 1.25 bits per heavy atom. The number of amidine groups is 1. The van der Waals surface area contributed by atoms with Crippen LogP contribution >= 0.6 is 0 Å². The molecule has 1 aromatic heterocycles. The Labute approximate surface area is 159 Å². The molecule has 1 heterocycles. The summed E-state index contributed by atoms with van der Waals surface area (Å²) in [7, 11) is 0. The number of Topliss-reactive ketones (excluding diaryl/α,β-unsaturated/α-hetero) is 1. The molecule has 1 aromatic carbocycles. The number of alkyl halides is 3. The van der Waals surface area contributed by atoms with Crippen LogP contribution in [0.25, 0.3) is 11.1 Å². The first-order valence-corrected chi connectivity index (χ1v) is 8.39. The van der Waals surface area contributed by atoms with Gasteiger partial charge in [0.2, 0.25) is 5.95 Å². The van der Waals surface area contributed by atoms with Crippen molar-refractivity contribution in [2.75, 3.05) is 11.9 Å². The fourth-order valence-electron chi connectivity index (χ4n) is 2.36. The zero-order chi connectivity index (χ0) is 20.7. The smallest absolute Gasteiger partial charge is 0.387 e. The van der Waals surface area contributed by atoms with E-state index in [1.165, 1.54) is 12.4 Å². The molecule has 0 amide bonds. The molecular formula is C18H20F3N5O2. The molecule has 0 unspecified atom stereocenters. The second-order valence-corrected chi connectivity index (χ2v) is 6.17. The van der Waals surface area contributed by atoms with Crippen molar-refractivity contribution in [2.24, 2.45) is 5.73 Å². The van der Waals surface area contributed by atoms with Crippen LogP contribution in [0.4, 0.5) is 19.1 Å². The number of halogens is 3. The van der Waals surface area contributed by atoms with Gasteiger partial charge < -0.3 is 16.2 Å².